The number of aryl methyl sites for hydroxylation is 1. The fourth-order valence-corrected chi connectivity index (χ4v) is 5.27. The molecule has 3 nitrogen and oxygen atoms in total. The third kappa shape index (κ3) is 3.04. The molecule has 0 saturated heterocycles. The number of thioether (sulfide) groups is 1. The van der Waals surface area contributed by atoms with Crippen LogP contribution in [-0.2, 0) is 16.1 Å². The minimum Gasteiger partial charge on any atom is -0.272 e. The van der Waals surface area contributed by atoms with Gasteiger partial charge in [-0.2, -0.15) is 5.10 Å². The van der Waals surface area contributed by atoms with Gasteiger partial charge in [0.05, 0.1) is 0 Å². The van der Waals surface area contributed by atoms with Gasteiger partial charge in [-0.15, -0.1) is 0 Å². The van der Waals surface area contributed by atoms with Gasteiger partial charge >= 0.3 is 0 Å². The second-order valence-electron chi connectivity index (χ2n) is 8.29. The number of hydrogen-bond donors (Lipinski definition) is 0. The average Bonchev–Trinajstić information content (AvgIpc) is 3.02. The first-order valence-electron chi connectivity index (χ1n) is 9.38. The molecular formula is C22H22F2N2OS. The molecule has 1 atom stereocenters. The number of carbonyl (C=O) groups excluding carboxylic acids is 1. The molecule has 146 valence electrons. The van der Waals surface area contributed by atoms with Gasteiger partial charge in [0, 0.05) is 11.0 Å². The van der Waals surface area contributed by atoms with E-state index in [2.05, 4.69) is 11.2 Å². The smallest absolute Gasteiger partial charge is 0.249 e. The van der Waals surface area contributed by atoms with E-state index in [0.717, 1.165) is 36.6 Å². The molecule has 0 fully saturated rings. The Morgan fingerprint density at radius 1 is 1.18 bits per heavy atom. The standard InChI is InChI=1S/C22H22F2N2OS/c1-21(2,3)20(27)26-22(12-6-8-14-7-4-5-9-17(14)22)28-19(25-26)16-13-15(23)10-11-18(16)24/h4-5,7,9-11,13H,6,8,12H2,1-3H3. The third-order valence-electron chi connectivity index (χ3n) is 5.19. The van der Waals surface area contributed by atoms with Crippen LogP contribution >= 0.6 is 11.8 Å². The molecule has 1 unspecified atom stereocenters. The minimum absolute atomic E-state index is 0.0941. The molecule has 1 heterocycles. The molecule has 0 saturated carbocycles. The SMILES string of the molecule is CC(C)(C)C(=O)N1N=C(c2cc(F)ccc2F)SC12CCCc1ccccc12. The van der Waals surface area contributed by atoms with Crippen LogP contribution in [-0.4, -0.2) is 16.0 Å². The molecule has 1 aliphatic heterocycles. The zero-order valence-electron chi connectivity index (χ0n) is 16.1. The van der Waals surface area contributed by atoms with Crippen LogP contribution in [0.2, 0.25) is 0 Å². The number of carbonyl (C=O) groups is 1. The van der Waals surface area contributed by atoms with Crippen LogP contribution in [0.15, 0.2) is 47.6 Å². The van der Waals surface area contributed by atoms with Gasteiger partial charge < -0.3 is 0 Å². The van der Waals surface area contributed by atoms with Crippen molar-refractivity contribution in [1.29, 1.82) is 0 Å². The van der Waals surface area contributed by atoms with E-state index in [0.29, 0.717) is 11.5 Å². The highest BCUT2D eigenvalue weighted by molar-refractivity contribution is 8.15. The van der Waals surface area contributed by atoms with E-state index in [-0.39, 0.29) is 11.5 Å². The maximum atomic E-state index is 14.5. The number of rotatable bonds is 1. The van der Waals surface area contributed by atoms with Crippen LogP contribution in [0.4, 0.5) is 8.78 Å². The molecule has 1 spiro atoms. The van der Waals surface area contributed by atoms with Gasteiger partial charge in [-0.25, -0.2) is 13.8 Å². The Bertz CT molecular complexity index is 983. The maximum Gasteiger partial charge on any atom is 0.249 e. The van der Waals surface area contributed by atoms with Crippen molar-refractivity contribution in [3.05, 3.63) is 70.8 Å². The number of halogens is 2. The number of benzene rings is 2. The van der Waals surface area contributed by atoms with Crippen LogP contribution < -0.4 is 0 Å². The lowest BCUT2D eigenvalue weighted by molar-refractivity contribution is -0.143. The summed E-state index contributed by atoms with van der Waals surface area (Å²) in [6.45, 7) is 5.54. The fraction of sp³-hybridized carbons (Fsp3) is 0.364. The summed E-state index contributed by atoms with van der Waals surface area (Å²) in [5, 5.41) is 6.42. The summed E-state index contributed by atoms with van der Waals surface area (Å²) >= 11 is 1.35. The molecule has 2 aromatic carbocycles. The Labute approximate surface area is 167 Å². The van der Waals surface area contributed by atoms with Crippen molar-refractivity contribution < 1.29 is 13.6 Å². The lowest BCUT2D eigenvalue weighted by Gasteiger charge is -2.41. The fourth-order valence-electron chi connectivity index (χ4n) is 3.79. The van der Waals surface area contributed by atoms with Crippen molar-refractivity contribution in [2.75, 3.05) is 0 Å². The summed E-state index contributed by atoms with van der Waals surface area (Å²) < 4.78 is 28.3. The Kier molecular flexibility index (Phi) is 4.57. The zero-order chi connectivity index (χ0) is 20.1. The Morgan fingerprint density at radius 2 is 1.93 bits per heavy atom. The van der Waals surface area contributed by atoms with Gasteiger partial charge in [-0.1, -0.05) is 56.8 Å². The Morgan fingerprint density at radius 3 is 2.68 bits per heavy atom. The predicted molar refractivity (Wildman–Crippen MR) is 108 cm³/mol. The highest BCUT2D eigenvalue weighted by Crippen LogP contribution is 2.54. The van der Waals surface area contributed by atoms with E-state index in [9.17, 15) is 13.6 Å². The Balaban J connectivity index is 1.89. The molecule has 2 aromatic rings. The lowest BCUT2D eigenvalue weighted by Crippen LogP contribution is -2.47. The summed E-state index contributed by atoms with van der Waals surface area (Å²) in [6, 6.07) is 11.4. The molecule has 1 amide bonds. The van der Waals surface area contributed by atoms with Crippen LogP contribution in [0.25, 0.3) is 0 Å². The van der Waals surface area contributed by atoms with Gasteiger partial charge in [-0.3, -0.25) is 4.79 Å². The van der Waals surface area contributed by atoms with Crippen LogP contribution in [0, 0.1) is 17.0 Å². The van der Waals surface area contributed by atoms with Crippen LogP contribution in [0.1, 0.15) is 50.3 Å². The normalized spacial score (nSPS) is 21.6. The highest BCUT2D eigenvalue weighted by Gasteiger charge is 2.52. The number of nitrogens with zero attached hydrogens (tertiary/aromatic N) is 2. The quantitative estimate of drug-likeness (QED) is 0.639. The molecule has 0 bridgehead atoms. The van der Waals surface area contributed by atoms with Crippen LogP contribution in [0.5, 0.6) is 0 Å². The summed E-state index contributed by atoms with van der Waals surface area (Å²) in [4.78, 5) is 12.6. The molecule has 0 radical (unpaired) electrons. The number of fused-ring (bicyclic) bond motifs is 2. The summed E-state index contributed by atoms with van der Waals surface area (Å²) in [5.74, 6) is -1.21. The summed E-state index contributed by atoms with van der Waals surface area (Å²) in [5.41, 5.74) is 1.64. The first-order chi connectivity index (χ1) is 13.2. The van der Waals surface area contributed by atoms with Crippen molar-refractivity contribution in [1.82, 2.24) is 5.01 Å². The molecule has 0 aromatic heterocycles. The van der Waals surface area contributed by atoms with E-state index >= 15 is 0 Å². The van der Waals surface area contributed by atoms with E-state index in [1.807, 2.05) is 39.0 Å². The topological polar surface area (TPSA) is 32.7 Å². The summed E-state index contributed by atoms with van der Waals surface area (Å²) in [6.07, 6.45) is 2.53. The first kappa shape index (κ1) is 19.1. The first-order valence-corrected chi connectivity index (χ1v) is 10.2. The molecule has 6 heteroatoms. The van der Waals surface area contributed by atoms with Crippen molar-refractivity contribution in [3.63, 3.8) is 0 Å². The van der Waals surface area contributed by atoms with Gasteiger partial charge in [-0.05, 0) is 48.6 Å². The maximum absolute atomic E-state index is 14.5. The lowest BCUT2D eigenvalue weighted by atomic mass is 9.85. The number of amides is 1. The van der Waals surface area contributed by atoms with E-state index in [1.165, 1.54) is 22.3 Å². The molecule has 0 N–H and O–H groups in total. The van der Waals surface area contributed by atoms with Gasteiger partial charge in [0.2, 0.25) is 5.91 Å². The highest BCUT2D eigenvalue weighted by atomic mass is 32.2. The van der Waals surface area contributed by atoms with E-state index < -0.39 is 21.9 Å². The van der Waals surface area contributed by atoms with E-state index in [1.54, 1.807) is 0 Å². The van der Waals surface area contributed by atoms with Crippen molar-refractivity contribution in [2.24, 2.45) is 10.5 Å². The largest absolute Gasteiger partial charge is 0.272 e. The van der Waals surface area contributed by atoms with E-state index in [4.69, 9.17) is 0 Å². The minimum atomic E-state index is -0.729. The monoisotopic (exact) mass is 400 g/mol. The molecular weight excluding hydrogens is 378 g/mol. The van der Waals surface area contributed by atoms with Crippen molar-refractivity contribution in [3.8, 4) is 0 Å². The predicted octanol–water partition coefficient (Wildman–Crippen LogP) is 5.44. The second kappa shape index (κ2) is 6.69. The number of hydrazone groups is 1. The van der Waals surface area contributed by atoms with Crippen molar-refractivity contribution in [2.45, 2.75) is 44.9 Å². The molecule has 28 heavy (non-hydrogen) atoms. The zero-order valence-corrected chi connectivity index (χ0v) is 16.9. The summed E-state index contributed by atoms with van der Waals surface area (Å²) in [7, 11) is 0. The number of hydrogen-bond acceptors (Lipinski definition) is 3. The van der Waals surface area contributed by atoms with Gasteiger partial charge in [0.1, 0.15) is 21.5 Å². The Hall–Kier alpha value is -2.21. The van der Waals surface area contributed by atoms with Crippen LogP contribution in [0.3, 0.4) is 0 Å². The third-order valence-corrected chi connectivity index (χ3v) is 6.62. The van der Waals surface area contributed by atoms with Crippen molar-refractivity contribution >= 4 is 22.7 Å². The molecule has 2 aliphatic rings. The van der Waals surface area contributed by atoms with Gasteiger partial charge in [0.15, 0.2) is 0 Å². The van der Waals surface area contributed by atoms with Gasteiger partial charge in [0.25, 0.3) is 0 Å². The second-order valence-corrected chi connectivity index (χ2v) is 9.56. The molecule has 4 rings (SSSR count). The average molecular weight is 400 g/mol. The molecule has 1 aliphatic carbocycles.